The first-order valence-electron chi connectivity index (χ1n) is 12.0. The molecule has 0 saturated heterocycles. The number of ether oxygens (including phenoxy) is 1. The summed E-state index contributed by atoms with van der Waals surface area (Å²) in [5.41, 5.74) is 7.65. The fraction of sp³-hybridized carbons (Fsp3) is 0.542. The van der Waals surface area contributed by atoms with Gasteiger partial charge in [-0.15, -0.1) is 0 Å². The summed E-state index contributed by atoms with van der Waals surface area (Å²) in [7, 11) is -1.19. The number of aromatic nitrogens is 4. The third kappa shape index (κ3) is 5.44. The van der Waals surface area contributed by atoms with Crippen molar-refractivity contribution in [3.05, 3.63) is 35.6 Å². The second-order valence-corrected chi connectivity index (χ2v) is 11.5. The normalized spacial score (nSPS) is 20.1. The molecule has 1 aliphatic carbocycles. The molecule has 10 nitrogen and oxygen atoms in total. The first-order chi connectivity index (χ1) is 16.8. The number of carbonyl (C=O) groups excluding carboxylic acids is 1. The fourth-order valence-corrected chi connectivity index (χ4v) is 5.72. The van der Waals surface area contributed by atoms with Gasteiger partial charge in [-0.25, -0.2) is 19.7 Å². The number of rotatable bonds is 7. The van der Waals surface area contributed by atoms with Crippen LogP contribution in [0.5, 0.6) is 0 Å². The molecule has 1 saturated carbocycles. The van der Waals surface area contributed by atoms with Crippen LogP contribution >= 0.6 is 0 Å². The van der Waals surface area contributed by atoms with E-state index in [0.717, 1.165) is 42.9 Å². The molecule has 35 heavy (non-hydrogen) atoms. The van der Waals surface area contributed by atoms with Crippen molar-refractivity contribution in [3.8, 4) is 0 Å². The third-order valence-electron chi connectivity index (χ3n) is 6.43. The number of nitrogens with zero attached hydrogens (tertiary/aromatic N) is 5. The first-order valence-corrected chi connectivity index (χ1v) is 13.4. The lowest BCUT2D eigenvalue weighted by Gasteiger charge is -2.31. The van der Waals surface area contributed by atoms with Crippen LogP contribution in [-0.2, 0) is 22.0 Å². The van der Waals surface area contributed by atoms with E-state index < -0.39 is 22.4 Å². The lowest BCUT2D eigenvalue weighted by molar-refractivity contribution is 0.138. The number of primary amides is 1. The van der Waals surface area contributed by atoms with Crippen molar-refractivity contribution in [3.63, 3.8) is 0 Å². The van der Waals surface area contributed by atoms with Crippen molar-refractivity contribution in [2.75, 3.05) is 35.7 Å². The first kappa shape index (κ1) is 23.7. The average molecular weight is 498 g/mol. The van der Waals surface area contributed by atoms with E-state index in [4.69, 9.17) is 20.4 Å². The van der Waals surface area contributed by atoms with Crippen LogP contribution in [0.1, 0.15) is 62.5 Å². The van der Waals surface area contributed by atoms with Crippen molar-refractivity contribution < 1.29 is 13.7 Å². The smallest absolute Gasteiger partial charge is 0.404 e. The minimum absolute atomic E-state index is 0.0540. The van der Waals surface area contributed by atoms with E-state index in [9.17, 15) is 9.00 Å². The largest absolute Gasteiger partial charge is 0.447 e. The number of aryl methyl sites for hydroxylation is 1. The Balaban J connectivity index is 1.37. The fourth-order valence-electron chi connectivity index (χ4n) is 4.38. The number of hydrogen-bond donors (Lipinski definition) is 2. The van der Waals surface area contributed by atoms with Gasteiger partial charge >= 0.3 is 6.09 Å². The SMILES string of the molecule is CC(C)(COC(N)=O)Nc1nc(N2CC=C(c3ncc(C4CC4)cn3)CC2)nc2c1[S@@](=O)CCC2. The molecule has 0 aromatic carbocycles. The minimum atomic E-state index is -1.19. The van der Waals surface area contributed by atoms with E-state index in [1.54, 1.807) is 0 Å². The molecule has 0 bridgehead atoms. The zero-order chi connectivity index (χ0) is 24.6. The molecule has 3 aliphatic rings. The van der Waals surface area contributed by atoms with Crippen LogP contribution in [0.25, 0.3) is 5.57 Å². The summed E-state index contributed by atoms with van der Waals surface area (Å²) >= 11 is 0. The Labute approximate surface area is 207 Å². The van der Waals surface area contributed by atoms with Gasteiger partial charge in [0.05, 0.1) is 22.0 Å². The molecule has 2 aliphatic heterocycles. The lowest BCUT2D eigenvalue weighted by Crippen LogP contribution is -2.39. The van der Waals surface area contributed by atoms with Gasteiger partial charge in [-0.2, -0.15) is 4.98 Å². The lowest BCUT2D eigenvalue weighted by atomic mass is 10.1. The predicted octanol–water partition coefficient (Wildman–Crippen LogP) is 2.78. The second-order valence-electron chi connectivity index (χ2n) is 9.96. The predicted molar refractivity (Wildman–Crippen MR) is 134 cm³/mol. The van der Waals surface area contributed by atoms with Gasteiger partial charge in [0, 0.05) is 31.2 Å². The number of anilines is 2. The van der Waals surface area contributed by atoms with E-state index in [0.29, 0.717) is 34.9 Å². The van der Waals surface area contributed by atoms with Crippen molar-refractivity contribution in [2.24, 2.45) is 5.73 Å². The molecule has 2 aromatic heterocycles. The maximum absolute atomic E-state index is 12.9. The van der Waals surface area contributed by atoms with Crippen LogP contribution < -0.4 is 16.0 Å². The molecule has 11 heteroatoms. The Kier molecular flexibility index (Phi) is 6.43. The molecule has 0 spiro atoms. The van der Waals surface area contributed by atoms with Gasteiger partial charge in [-0.1, -0.05) is 6.08 Å². The van der Waals surface area contributed by atoms with E-state index in [2.05, 4.69) is 26.3 Å². The van der Waals surface area contributed by atoms with Gasteiger partial charge in [-0.05, 0) is 63.0 Å². The molecule has 2 aromatic rings. The molecule has 1 atom stereocenters. The van der Waals surface area contributed by atoms with Gasteiger partial charge in [0.25, 0.3) is 0 Å². The summed E-state index contributed by atoms with van der Waals surface area (Å²) in [6, 6.07) is 0. The summed E-state index contributed by atoms with van der Waals surface area (Å²) in [5, 5.41) is 3.33. The number of nitrogens with one attached hydrogen (secondary N) is 1. The quantitative estimate of drug-likeness (QED) is 0.591. The number of hydrogen-bond acceptors (Lipinski definition) is 9. The van der Waals surface area contributed by atoms with Crippen LogP contribution in [0, 0.1) is 0 Å². The Morgan fingerprint density at radius 1 is 1.26 bits per heavy atom. The van der Waals surface area contributed by atoms with Crippen molar-refractivity contribution in [1.29, 1.82) is 0 Å². The van der Waals surface area contributed by atoms with Gasteiger partial charge in [-0.3, -0.25) is 4.21 Å². The maximum atomic E-state index is 12.9. The van der Waals surface area contributed by atoms with Crippen LogP contribution in [0.4, 0.5) is 16.6 Å². The van der Waals surface area contributed by atoms with Gasteiger partial charge in [0.1, 0.15) is 17.3 Å². The Bertz CT molecular complexity index is 1180. The number of nitrogens with two attached hydrogens (primary N) is 1. The highest BCUT2D eigenvalue weighted by atomic mass is 32.2. The standard InChI is InChI=1S/C24H31N7O3S/c1-24(2,14-34-22(25)32)30-21-19-18(4-3-11-35(19)33)28-23(29-21)31-9-7-16(8-10-31)20-26-12-17(13-27-20)15-5-6-15/h7,12-13,15H,3-6,8-11,14H2,1-2H3,(H2,25,32)(H,28,29,30)/t35-/m0/s1. The van der Waals surface area contributed by atoms with Gasteiger partial charge < -0.3 is 20.7 Å². The summed E-state index contributed by atoms with van der Waals surface area (Å²) < 4.78 is 17.9. The molecule has 4 heterocycles. The molecule has 0 radical (unpaired) electrons. The maximum Gasteiger partial charge on any atom is 0.404 e. The Hall–Kier alpha value is -3.08. The minimum Gasteiger partial charge on any atom is -0.447 e. The highest BCUT2D eigenvalue weighted by molar-refractivity contribution is 7.85. The monoisotopic (exact) mass is 497 g/mol. The average Bonchev–Trinajstić information content (AvgIpc) is 3.68. The molecule has 186 valence electrons. The topological polar surface area (TPSA) is 136 Å². The van der Waals surface area contributed by atoms with Gasteiger partial charge in [0.2, 0.25) is 5.95 Å². The van der Waals surface area contributed by atoms with Crippen LogP contribution in [0.2, 0.25) is 0 Å². The third-order valence-corrected chi connectivity index (χ3v) is 7.97. The van der Waals surface area contributed by atoms with E-state index in [1.165, 1.54) is 18.4 Å². The van der Waals surface area contributed by atoms with Crippen molar-refractivity contribution in [2.45, 2.75) is 62.3 Å². The van der Waals surface area contributed by atoms with Gasteiger partial charge in [0.15, 0.2) is 5.82 Å². The zero-order valence-corrected chi connectivity index (χ0v) is 20.9. The van der Waals surface area contributed by atoms with Crippen LogP contribution in [0.15, 0.2) is 23.4 Å². The number of amides is 1. The van der Waals surface area contributed by atoms with Crippen molar-refractivity contribution >= 4 is 34.2 Å². The van der Waals surface area contributed by atoms with E-state index in [-0.39, 0.29) is 6.61 Å². The Morgan fingerprint density at radius 3 is 2.69 bits per heavy atom. The van der Waals surface area contributed by atoms with E-state index >= 15 is 0 Å². The number of fused-ring (bicyclic) bond motifs is 1. The molecule has 1 amide bonds. The molecular weight excluding hydrogens is 466 g/mol. The molecular formula is C24H31N7O3S. The molecule has 1 fully saturated rings. The molecule has 5 rings (SSSR count). The summed E-state index contributed by atoms with van der Waals surface area (Å²) in [6.07, 6.45) is 10.0. The van der Waals surface area contributed by atoms with Crippen LogP contribution in [0.3, 0.4) is 0 Å². The molecule has 3 N–H and O–H groups in total. The summed E-state index contributed by atoms with van der Waals surface area (Å²) in [5.74, 6) is 3.13. The zero-order valence-electron chi connectivity index (χ0n) is 20.1. The molecule has 0 unspecified atom stereocenters. The highest BCUT2D eigenvalue weighted by Gasteiger charge is 2.30. The second kappa shape index (κ2) is 9.52. The van der Waals surface area contributed by atoms with E-state index in [1.807, 2.05) is 26.2 Å². The summed E-state index contributed by atoms with van der Waals surface area (Å²) in [4.78, 5) is 32.6. The number of carbonyl (C=O) groups is 1. The summed E-state index contributed by atoms with van der Waals surface area (Å²) in [6.45, 7) is 5.17. The van der Waals surface area contributed by atoms with Crippen LogP contribution in [-0.4, -0.2) is 61.2 Å². The van der Waals surface area contributed by atoms with Crippen molar-refractivity contribution in [1.82, 2.24) is 19.9 Å². The highest BCUT2D eigenvalue weighted by Crippen LogP contribution is 2.39. The Morgan fingerprint density at radius 2 is 2.03 bits per heavy atom.